The zero-order chi connectivity index (χ0) is 15.3. The summed E-state index contributed by atoms with van der Waals surface area (Å²) in [5.41, 5.74) is 6.29. The van der Waals surface area contributed by atoms with Gasteiger partial charge in [-0.15, -0.1) is 0 Å². The number of nitrogen functional groups attached to an aromatic ring is 1. The van der Waals surface area contributed by atoms with Gasteiger partial charge in [-0.1, -0.05) is 13.8 Å². The van der Waals surface area contributed by atoms with E-state index in [1.807, 2.05) is 13.8 Å². The van der Waals surface area contributed by atoms with E-state index in [9.17, 15) is 4.79 Å². The van der Waals surface area contributed by atoms with E-state index < -0.39 is 0 Å². The first kappa shape index (κ1) is 16.8. The van der Waals surface area contributed by atoms with Crippen molar-refractivity contribution in [2.24, 2.45) is 5.92 Å². The highest BCUT2D eigenvalue weighted by Gasteiger charge is 2.20. The highest BCUT2D eigenvalue weighted by Crippen LogP contribution is 2.28. The number of amides is 1. The molecular weight excluding hydrogens is 272 g/mol. The van der Waals surface area contributed by atoms with E-state index >= 15 is 0 Å². The van der Waals surface area contributed by atoms with Crippen LogP contribution in [0, 0.1) is 5.92 Å². The maximum absolute atomic E-state index is 12.1. The second-order valence-electron chi connectivity index (χ2n) is 5.92. The fourth-order valence-electron chi connectivity index (χ4n) is 1.83. The number of aromatic nitrogens is 1. The lowest BCUT2D eigenvalue weighted by atomic mass is 10.0. The molecule has 0 aliphatic rings. The maximum atomic E-state index is 12.1. The number of nitrogens with zero attached hydrogens (tertiary/aromatic N) is 1. The Labute approximate surface area is 125 Å². The molecule has 0 saturated carbocycles. The largest absolute Gasteiger partial charge is 0.382 e. The van der Waals surface area contributed by atoms with Crippen LogP contribution in [0.15, 0.2) is 0 Å². The van der Waals surface area contributed by atoms with Crippen LogP contribution in [0.25, 0.3) is 0 Å². The number of nitrogens with two attached hydrogens (primary N) is 1. The molecule has 0 bridgehead atoms. The zero-order valence-electron chi connectivity index (χ0n) is 13.0. The average Bonchev–Trinajstić information content (AvgIpc) is 2.67. The van der Waals surface area contributed by atoms with E-state index in [1.54, 1.807) is 0 Å². The minimum absolute atomic E-state index is 0.0769. The number of anilines is 2. The van der Waals surface area contributed by atoms with Crippen LogP contribution in [0.1, 0.15) is 57.8 Å². The van der Waals surface area contributed by atoms with Gasteiger partial charge in [0.2, 0.25) is 0 Å². The Morgan fingerprint density at radius 3 is 2.45 bits per heavy atom. The SMILES string of the molecule is CC(C)CCC(C)Nc1snc(N)c1C(=O)NC(C)C. The third kappa shape index (κ3) is 5.00. The Morgan fingerprint density at radius 1 is 1.25 bits per heavy atom. The summed E-state index contributed by atoms with van der Waals surface area (Å²) in [7, 11) is 0. The monoisotopic (exact) mass is 298 g/mol. The molecule has 114 valence electrons. The summed E-state index contributed by atoms with van der Waals surface area (Å²) in [6.07, 6.45) is 2.21. The zero-order valence-corrected chi connectivity index (χ0v) is 13.8. The maximum Gasteiger partial charge on any atom is 0.258 e. The third-order valence-corrected chi connectivity index (χ3v) is 3.71. The number of rotatable bonds is 7. The lowest BCUT2D eigenvalue weighted by Crippen LogP contribution is -2.31. The Bertz CT molecular complexity index is 442. The molecule has 0 spiro atoms. The van der Waals surface area contributed by atoms with E-state index in [0.29, 0.717) is 23.3 Å². The lowest BCUT2D eigenvalue weighted by molar-refractivity contribution is 0.0945. The highest BCUT2D eigenvalue weighted by atomic mass is 32.1. The fourth-order valence-corrected chi connectivity index (χ4v) is 2.66. The molecule has 0 aromatic carbocycles. The van der Waals surface area contributed by atoms with Crippen molar-refractivity contribution in [3.8, 4) is 0 Å². The predicted octanol–water partition coefficient (Wildman–Crippen LogP) is 3.10. The van der Waals surface area contributed by atoms with Crippen molar-refractivity contribution in [2.45, 2.75) is 59.5 Å². The average molecular weight is 298 g/mol. The summed E-state index contributed by atoms with van der Waals surface area (Å²) in [6.45, 7) is 10.4. The molecule has 5 nitrogen and oxygen atoms in total. The van der Waals surface area contributed by atoms with Crippen molar-refractivity contribution in [1.29, 1.82) is 0 Å². The molecule has 0 saturated heterocycles. The van der Waals surface area contributed by atoms with Crippen LogP contribution < -0.4 is 16.4 Å². The Balaban J connectivity index is 2.73. The molecule has 0 aliphatic heterocycles. The van der Waals surface area contributed by atoms with Gasteiger partial charge in [-0.3, -0.25) is 4.79 Å². The van der Waals surface area contributed by atoms with Crippen molar-refractivity contribution < 1.29 is 4.79 Å². The van der Waals surface area contributed by atoms with Crippen LogP contribution in [-0.2, 0) is 0 Å². The second-order valence-corrected chi connectivity index (χ2v) is 6.69. The third-order valence-electron chi connectivity index (χ3n) is 2.92. The number of hydrogen-bond acceptors (Lipinski definition) is 5. The van der Waals surface area contributed by atoms with Crippen molar-refractivity contribution in [3.05, 3.63) is 5.56 Å². The number of carbonyl (C=O) groups excluding carboxylic acids is 1. The van der Waals surface area contributed by atoms with Crippen LogP contribution in [-0.4, -0.2) is 22.4 Å². The summed E-state index contributed by atoms with van der Waals surface area (Å²) in [5.74, 6) is 0.811. The molecule has 1 aromatic heterocycles. The minimum atomic E-state index is -0.162. The quantitative estimate of drug-likeness (QED) is 0.722. The normalized spacial score (nSPS) is 12.8. The van der Waals surface area contributed by atoms with Crippen LogP contribution in [0.4, 0.5) is 10.8 Å². The van der Waals surface area contributed by atoms with Crippen LogP contribution >= 0.6 is 11.5 Å². The molecule has 1 amide bonds. The standard InChI is InChI=1S/C14H26N4OS/c1-8(2)6-7-10(5)17-14-11(12(15)18-20-14)13(19)16-9(3)4/h8-10,17H,6-7H2,1-5H3,(H2,15,18)(H,16,19). The first-order valence-electron chi connectivity index (χ1n) is 7.13. The second kappa shape index (κ2) is 7.47. The molecule has 1 rings (SSSR count). The molecule has 0 fully saturated rings. The Morgan fingerprint density at radius 2 is 1.90 bits per heavy atom. The molecule has 6 heteroatoms. The topological polar surface area (TPSA) is 80.0 Å². The number of hydrogen-bond donors (Lipinski definition) is 3. The molecule has 1 atom stereocenters. The smallest absolute Gasteiger partial charge is 0.258 e. The molecule has 1 unspecified atom stereocenters. The van der Waals surface area contributed by atoms with Crippen molar-refractivity contribution in [3.63, 3.8) is 0 Å². The van der Waals surface area contributed by atoms with Crippen molar-refractivity contribution in [1.82, 2.24) is 9.69 Å². The van der Waals surface area contributed by atoms with Crippen LogP contribution in [0.3, 0.4) is 0 Å². The van der Waals surface area contributed by atoms with Gasteiger partial charge in [-0.25, -0.2) is 0 Å². The van der Waals surface area contributed by atoms with Gasteiger partial charge in [0.1, 0.15) is 10.6 Å². The first-order chi connectivity index (χ1) is 9.31. The summed E-state index contributed by atoms with van der Waals surface area (Å²) in [4.78, 5) is 12.1. The minimum Gasteiger partial charge on any atom is -0.382 e. The van der Waals surface area contributed by atoms with Crippen molar-refractivity contribution >= 4 is 28.3 Å². The Hall–Kier alpha value is -1.30. The summed E-state index contributed by atoms with van der Waals surface area (Å²) < 4.78 is 4.09. The van der Waals surface area contributed by atoms with Crippen LogP contribution in [0.2, 0.25) is 0 Å². The number of carbonyl (C=O) groups is 1. The summed E-state index contributed by atoms with van der Waals surface area (Å²) >= 11 is 1.25. The van der Waals surface area contributed by atoms with E-state index in [4.69, 9.17) is 5.73 Å². The number of nitrogens with one attached hydrogen (secondary N) is 2. The summed E-state index contributed by atoms with van der Waals surface area (Å²) in [5, 5.41) is 6.97. The van der Waals surface area contributed by atoms with Gasteiger partial charge in [-0.2, -0.15) is 4.37 Å². The van der Waals surface area contributed by atoms with Gasteiger partial charge >= 0.3 is 0 Å². The summed E-state index contributed by atoms with van der Waals surface area (Å²) in [6, 6.07) is 0.371. The van der Waals surface area contributed by atoms with Gasteiger partial charge in [-0.05, 0) is 51.1 Å². The van der Waals surface area contributed by atoms with E-state index in [2.05, 4.69) is 35.8 Å². The molecule has 0 radical (unpaired) electrons. The molecular formula is C14H26N4OS. The van der Waals surface area contributed by atoms with Gasteiger partial charge < -0.3 is 16.4 Å². The van der Waals surface area contributed by atoms with Gasteiger partial charge in [0.25, 0.3) is 5.91 Å². The lowest BCUT2D eigenvalue weighted by Gasteiger charge is -2.16. The predicted molar refractivity (Wildman–Crippen MR) is 86.3 cm³/mol. The fraction of sp³-hybridized carbons (Fsp3) is 0.714. The molecule has 20 heavy (non-hydrogen) atoms. The van der Waals surface area contributed by atoms with Gasteiger partial charge in [0.15, 0.2) is 5.82 Å². The first-order valence-corrected chi connectivity index (χ1v) is 7.91. The van der Waals surface area contributed by atoms with E-state index in [-0.39, 0.29) is 11.9 Å². The molecule has 1 aromatic rings. The van der Waals surface area contributed by atoms with Gasteiger partial charge in [0, 0.05) is 12.1 Å². The molecule has 0 aliphatic carbocycles. The molecule has 4 N–H and O–H groups in total. The van der Waals surface area contributed by atoms with Gasteiger partial charge in [0.05, 0.1) is 0 Å². The Kier molecular flexibility index (Phi) is 6.26. The van der Waals surface area contributed by atoms with Crippen molar-refractivity contribution in [2.75, 3.05) is 11.1 Å². The molecule has 1 heterocycles. The van der Waals surface area contributed by atoms with E-state index in [0.717, 1.165) is 17.8 Å². The van der Waals surface area contributed by atoms with E-state index in [1.165, 1.54) is 11.5 Å². The highest BCUT2D eigenvalue weighted by molar-refractivity contribution is 7.11. The van der Waals surface area contributed by atoms with Crippen LogP contribution in [0.5, 0.6) is 0 Å².